The summed E-state index contributed by atoms with van der Waals surface area (Å²) in [6, 6.07) is 11.5. The van der Waals surface area contributed by atoms with Crippen molar-refractivity contribution in [3.8, 4) is 0 Å². The number of aromatic nitrogens is 2. The van der Waals surface area contributed by atoms with E-state index in [2.05, 4.69) is 9.97 Å². The van der Waals surface area contributed by atoms with E-state index >= 15 is 0 Å². The van der Waals surface area contributed by atoms with Crippen LogP contribution in [0, 0.1) is 19.8 Å². The molecule has 4 heteroatoms. The molecule has 0 bridgehead atoms. The summed E-state index contributed by atoms with van der Waals surface area (Å²) < 4.78 is 0. The molecule has 4 nitrogen and oxygen atoms in total. The Morgan fingerprint density at radius 2 is 1.70 bits per heavy atom. The fourth-order valence-electron chi connectivity index (χ4n) is 2.24. The minimum atomic E-state index is 0.0983. The van der Waals surface area contributed by atoms with Crippen LogP contribution in [0.4, 0.5) is 11.6 Å². The number of rotatable bonds is 3. The normalized spacial score (nSPS) is 14.1. The van der Waals surface area contributed by atoms with Crippen LogP contribution in [0.3, 0.4) is 0 Å². The van der Waals surface area contributed by atoms with Gasteiger partial charge in [-0.05, 0) is 44.9 Å². The Labute approximate surface area is 118 Å². The molecule has 1 aromatic heterocycles. The number of carbonyl (C=O) groups excluding carboxylic acids is 1. The average molecular weight is 267 g/mol. The van der Waals surface area contributed by atoms with E-state index in [4.69, 9.17) is 0 Å². The van der Waals surface area contributed by atoms with Gasteiger partial charge in [-0.25, -0.2) is 14.9 Å². The molecule has 1 aliphatic carbocycles. The van der Waals surface area contributed by atoms with Crippen molar-refractivity contribution < 1.29 is 4.79 Å². The smallest absolute Gasteiger partial charge is 0.237 e. The van der Waals surface area contributed by atoms with Crippen molar-refractivity contribution in [1.82, 2.24) is 9.97 Å². The van der Waals surface area contributed by atoms with Gasteiger partial charge in [-0.3, -0.25) is 4.79 Å². The lowest BCUT2D eigenvalue weighted by molar-refractivity contribution is -0.119. The topological polar surface area (TPSA) is 46.1 Å². The first-order valence-electron chi connectivity index (χ1n) is 6.86. The molecule has 3 rings (SSSR count). The van der Waals surface area contributed by atoms with Gasteiger partial charge < -0.3 is 0 Å². The summed E-state index contributed by atoms with van der Waals surface area (Å²) >= 11 is 0. The number of anilines is 2. The molecular formula is C16H17N3O. The second kappa shape index (κ2) is 5.04. The Morgan fingerprint density at radius 1 is 1.10 bits per heavy atom. The van der Waals surface area contributed by atoms with Gasteiger partial charge in [0.25, 0.3) is 0 Å². The van der Waals surface area contributed by atoms with Crippen molar-refractivity contribution in [2.24, 2.45) is 5.92 Å². The van der Waals surface area contributed by atoms with E-state index in [1.165, 1.54) is 0 Å². The number of amides is 1. The van der Waals surface area contributed by atoms with Crippen molar-refractivity contribution >= 4 is 17.5 Å². The van der Waals surface area contributed by atoms with Crippen LogP contribution in [0.25, 0.3) is 0 Å². The van der Waals surface area contributed by atoms with E-state index in [0.717, 1.165) is 29.9 Å². The maximum atomic E-state index is 12.6. The number of benzene rings is 1. The molecule has 1 saturated carbocycles. The van der Waals surface area contributed by atoms with Crippen LogP contribution in [0.2, 0.25) is 0 Å². The van der Waals surface area contributed by atoms with Gasteiger partial charge in [0.05, 0.1) is 5.69 Å². The molecular weight excluding hydrogens is 250 g/mol. The first-order valence-corrected chi connectivity index (χ1v) is 6.86. The maximum Gasteiger partial charge on any atom is 0.237 e. The van der Waals surface area contributed by atoms with Crippen LogP contribution < -0.4 is 4.90 Å². The van der Waals surface area contributed by atoms with E-state index in [1.807, 2.05) is 50.2 Å². The predicted octanol–water partition coefficient (Wildman–Crippen LogP) is 3.17. The summed E-state index contributed by atoms with van der Waals surface area (Å²) in [7, 11) is 0. The monoisotopic (exact) mass is 267 g/mol. The summed E-state index contributed by atoms with van der Waals surface area (Å²) in [5.41, 5.74) is 2.57. The number of hydrogen-bond donors (Lipinski definition) is 0. The molecule has 2 aromatic rings. The molecule has 1 aliphatic rings. The lowest BCUT2D eigenvalue weighted by atomic mass is 10.2. The van der Waals surface area contributed by atoms with Crippen molar-refractivity contribution in [2.75, 3.05) is 4.90 Å². The predicted molar refractivity (Wildman–Crippen MR) is 77.8 cm³/mol. The number of aryl methyl sites for hydroxylation is 2. The van der Waals surface area contributed by atoms with E-state index in [1.54, 1.807) is 4.90 Å². The molecule has 1 heterocycles. The zero-order valence-corrected chi connectivity index (χ0v) is 11.7. The second-order valence-electron chi connectivity index (χ2n) is 5.23. The van der Waals surface area contributed by atoms with Gasteiger partial charge in [-0.1, -0.05) is 18.2 Å². The molecule has 1 aromatic carbocycles. The average Bonchev–Trinajstić information content (AvgIpc) is 3.23. The molecule has 102 valence electrons. The summed E-state index contributed by atoms with van der Waals surface area (Å²) in [5, 5.41) is 0. The van der Waals surface area contributed by atoms with Crippen LogP contribution in [-0.2, 0) is 4.79 Å². The Morgan fingerprint density at radius 3 is 2.25 bits per heavy atom. The molecule has 0 atom stereocenters. The molecule has 0 saturated heterocycles. The lowest BCUT2D eigenvalue weighted by Crippen LogP contribution is -2.29. The number of hydrogen-bond acceptors (Lipinski definition) is 3. The number of carbonyl (C=O) groups is 1. The van der Waals surface area contributed by atoms with Crippen LogP contribution in [-0.4, -0.2) is 15.9 Å². The third-order valence-corrected chi connectivity index (χ3v) is 3.33. The van der Waals surface area contributed by atoms with Gasteiger partial charge in [0.1, 0.15) is 0 Å². The minimum Gasteiger partial charge on any atom is -0.274 e. The minimum absolute atomic E-state index is 0.0983. The first-order chi connectivity index (χ1) is 9.65. The first kappa shape index (κ1) is 12.8. The summed E-state index contributed by atoms with van der Waals surface area (Å²) in [6.07, 6.45) is 1.93. The van der Waals surface area contributed by atoms with Crippen LogP contribution in [0.5, 0.6) is 0 Å². The molecule has 20 heavy (non-hydrogen) atoms. The fourth-order valence-corrected chi connectivity index (χ4v) is 2.24. The molecule has 1 fully saturated rings. The van der Waals surface area contributed by atoms with Crippen molar-refractivity contribution in [1.29, 1.82) is 0 Å². The summed E-state index contributed by atoms with van der Waals surface area (Å²) in [5.74, 6) is 0.700. The standard InChI is InChI=1S/C16H17N3O/c1-11-10-12(2)18-16(17-11)19(15(20)13-8-9-13)14-6-4-3-5-7-14/h3-7,10,13H,8-9H2,1-2H3. The van der Waals surface area contributed by atoms with Gasteiger partial charge in [0.2, 0.25) is 11.9 Å². The van der Waals surface area contributed by atoms with Crippen LogP contribution >= 0.6 is 0 Å². The van der Waals surface area contributed by atoms with Gasteiger partial charge in [-0.15, -0.1) is 0 Å². The third-order valence-electron chi connectivity index (χ3n) is 3.33. The van der Waals surface area contributed by atoms with Crippen LogP contribution in [0.1, 0.15) is 24.2 Å². The van der Waals surface area contributed by atoms with E-state index < -0.39 is 0 Å². The Bertz CT molecular complexity index is 615. The van der Waals surface area contributed by atoms with Gasteiger partial charge in [0, 0.05) is 17.3 Å². The zero-order valence-electron chi connectivity index (χ0n) is 11.7. The van der Waals surface area contributed by atoms with Gasteiger partial charge in [0.15, 0.2) is 0 Å². The Hall–Kier alpha value is -2.23. The highest BCUT2D eigenvalue weighted by atomic mass is 16.2. The summed E-state index contributed by atoms with van der Waals surface area (Å²) in [6.45, 7) is 3.84. The molecule has 0 N–H and O–H groups in total. The second-order valence-corrected chi connectivity index (χ2v) is 5.23. The van der Waals surface area contributed by atoms with Gasteiger partial charge in [-0.2, -0.15) is 0 Å². The number of nitrogens with zero attached hydrogens (tertiary/aromatic N) is 3. The summed E-state index contributed by atoms with van der Waals surface area (Å²) in [4.78, 5) is 23.1. The van der Waals surface area contributed by atoms with Crippen LogP contribution in [0.15, 0.2) is 36.4 Å². The Balaban J connectivity index is 2.07. The SMILES string of the molecule is Cc1cc(C)nc(N(C(=O)C2CC2)c2ccccc2)n1. The van der Waals surface area contributed by atoms with Crippen molar-refractivity contribution in [3.05, 3.63) is 47.8 Å². The largest absolute Gasteiger partial charge is 0.274 e. The van der Waals surface area contributed by atoms with Crippen molar-refractivity contribution in [2.45, 2.75) is 26.7 Å². The quantitative estimate of drug-likeness (QED) is 0.858. The highest BCUT2D eigenvalue weighted by Gasteiger charge is 2.35. The third kappa shape index (κ3) is 2.54. The molecule has 1 amide bonds. The fraction of sp³-hybridized carbons (Fsp3) is 0.312. The van der Waals surface area contributed by atoms with E-state index in [9.17, 15) is 4.79 Å². The maximum absolute atomic E-state index is 12.6. The van der Waals surface area contributed by atoms with E-state index in [-0.39, 0.29) is 11.8 Å². The molecule has 0 aliphatic heterocycles. The van der Waals surface area contributed by atoms with Gasteiger partial charge >= 0.3 is 0 Å². The Kier molecular flexibility index (Phi) is 3.22. The molecule has 0 unspecified atom stereocenters. The van der Waals surface area contributed by atoms with E-state index in [0.29, 0.717) is 5.95 Å². The highest BCUT2D eigenvalue weighted by molar-refractivity contribution is 6.01. The zero-order chi connectivity index (χ0) is 14.1. The molecule has 0 spiro atoms. The highest BCUT2D eigenvalue weighted by Crippen LogP contribution is 2.35. The van der Waals surface area contributed by atoms with Crippen molar-refractivity contribution in [3.63, 3.8) is 0 Å². The molecule has 0 radical (unpaired) electrons. The lowest BCUT2D eigenvalue weighted by Gasteiger charge is -2.21. The number of para-hydroxylation sites is 1.